The summed E-state index contributed by atoms with van der Waals surface area (Å²) in [7, 11) is -1.89. The lowest BCUT2D eigenvalue weighted by molar-refractivity contribution is -0.117. The molecule has 1 atom stereocenters. The summed E-state index contributed by atoms with van der Waals surface area (Å²) in [6.07, 6.45) is 0.340. The van der Waals surface area contributed by atoms with Gasteiger partial charge in [-0.25, -0.2) is 4.72 Å². The number of anilines is 1. The lowest BCUT2D eigenvalue weighted by Crippen LogP contribution is -2.42. The van der Waals surface area contributed by atoms with Gasteiger partial charge in [-0.05, 0) is 30.2 Å². The van der Waals surface area contributed by atoms with Crippen LogP contribution in [0.15, 0.2) is 24.3 Å². The Bertz CT molecular complexity index is 656. The molecule has 1 fully saturated rings. The molecule has 1 unspecified atom stereocenters. The summed E-state index contributed by atoms with van der Waals surface area (Å²) >= 11 is 0. The van der Waals surface area contributed by atoms with Crippen molar-refractivity contribution < 1.29 is 17.9 Å². The van der Waals surface area contributed by atoms with E-state index in [1.807, 2.05) is 12.1 Å². The van der Waals surface area contributed by atoms with Crippen LogP contribution in [-0.2, 0) is 15.0 Å². The first-order valence-electron chi connectivity index (χ1n) is 8.10. The molecule has 0 spiro atoms. The fourth-order valence-corrected chi connectivity index (χ4v) is 4.12. The summed E-state index contributed by atoms with van der Waals surface area (Å²) in [5, 5.41) is 0. The number of ether oxygens (including phenoxy) is 1. The number of carbonyl (C=O) groups is 1. The molecule has 0 bridgehead atoms. The Balaban J connectivity index is 1.97. The van der Waals surface area contributed by atoms with E-state index in [4.69, 9.17) is 4.74 Å². The number of rotatable bonds is 8. The highest BCUT2D eigenvalue weighted by Crippen LogP contribution is 2.26. The first kappa shape index (κ1) is 18.7. The zero-order valence-corrected chi connectivity index (χ0v) is 15.2. The summed E-state index contributed by atoms with van der Waals surface area (Å²) in [6, 6.07) is 7.27. The van der Waals surface area contributed by atoms with Gasteiger partial charge in [0.05, 0.1) is 7.11 Å². The molecule has 134 valence electrons. The molecule has 0 aromatic heterocycles. The minimum atomic E-state index is -3.48. The van der Waals surface area contributed by atoms with Gasteiger partial charge in [0.25, 0.3) is 10.2 Å². The summed E-state index contributed by atoms with van der Waals surface area (Å²) < 4.78 is 33.4. The number of hydrogen-bond donors (Lipinski definition) is 1. The molecule has 7 nitrogen and oxygen atoms in total. The van der Waals surface area contributed by atoms with E-state index in [2.05, 4.69) is 4.72 Å². The molecule has 0 radical (unpaired) electrons. The molecule has 1 aromatic carbocycles. The normalized spacial score (nSPS) is 18.4. The number of amides is 1. The lowest BCUT2D eigenvalue weighted by atomic mass is 10.1. The van der Waals surface area contributed by atoms with E-state index in [9.17, 15) is 13.2 Å². The largest absolute Gasteiger partial charge is 0.497 e. The van der Waals surface area contributed by atoms with Crippen LogP contribution in [0.2, 0.25) is 0 Å². The molecular weight excluding hydrogens is 330 g/mol. The Morgan fingerprint density at radius 3 is 2.42 bits per heavy atom. The Kier molecular flexibility index (Phi) is 6.20. The maximum Gasteiger partial charge on any atom is 0.279 e. The Morgan fingerprint density at radius 2 is 1.88 bits per heavy atom. The van der Waals surface area contributed by atoms with E-state index in [-0.39, 0.29) is 18.4 Å². The van der Waals surface area contributed by atoms with Crippen LogP contribution in [-0.4, -0.2) is 51.9 Å². The van der Waals surface area contributed by atoms with Crippen molar-refractivity contribution in [2.24, 2.45) is 5.92 Å². The van der Waals surface area contributed by atoms with Crippen LogP contribution in [0, 0.1) is 5.92 Å². The molecule has 8 heteroatoms. The minimum Gasteiger partial charge on any atom is -0.497 e. The molecule has 1 heterocycles. The van der Waals surface area contributed by atoms with Crippen molar-refractivity contribution in [3.8, 4) is 5.75 Å². The maximum atomic E-state index is 12.2. The maximum absolute atomic E-state index is 12.2. The lowest BCUT2D eigenvalue weighted by Gasteiger charge is -2.20. The second-order valence-corrected chi connectivity index (χ2v) is 7.47. The summed E-state index contributed by atoms with van der Waals surface area (Å²) in [5.74, 6) is 0.700. The first-order chi connectivity index (χ1) is 11.4. The second-order valence-electron chi connectivity index (χ2n) is 5.71. The molecule has 1 N–H and O–H groups in total. The van der Waals surface area contributed by atoms with Gasteiger partial charge in [-0.2, -0.15) is 12.7 Å². The van der Waals surface area contributed by atoms with Crippen LogP contribution < -0.4 is 14.4 Å². The van der Waals surface area contributed by atoms with Crippen LogP contribution in [0.4, 0.5) is 5.69 Å². The second kappa shape index (κ2) is 7.96. The number of nitrogens with zero attached hydrogens (tertiary/aromatic N) is 2. The van der Waals surface area contributed by atoms with E-state index in [0.29, 0.717) is 26.1 Å². The van der Waals surface area contributed by atoms with Crippen LogP contribution >= 0.6 is 0 Å². The van der Waals surface area contributed by atoms with E-state index >= 15 is 0 Å². The number of benzene rings is 1. The van der Waals surface area contributed by atoms with Gasteiger partial charge in [-0.15, -0.1) is 0 Å². The van der Waals surface area contributed by atoms with Crippen molar-refractivity contribution in [1.29, 1.82) is 0 Å². The molecule has 1 saturated heterocycles. The highest BCUT2D eigenvalue weighted by atomic mass is 32.2. The number of carbonyl (C=O) groups excluding carboxylic acids is 1. The highest BCUT2D eigenvalue weighted by molar-refractivity contribution is 7.87. The van der Waals surface area contributed by atoms with E-state index in [0.717, 1.165) is 11.4 Å². The Labute approximate surface area is 143 Å². The van der Waals surface area contributed by atoms with E-state index in [1.54, 1.807) is 38.0 Å². The van der Waals surface area contributed by atoms with Gasteiger partial charge in [0.1, 0.15) is 5.75 Å². The van der Waals surface area contributed by atoms with E-state index in [1.165, 1.54) is 4.31 Å². The zero-order chi connectivity index (χ0) is 17.7. The predicted molar refractivity (Wildman–Crippen MR) is 93.3 cm³/mol. The summed E-state index contributed by atoms with van der Waals surface area (Å²) in [6.45, 7) is 5.21. The fraction of sp³-hybridized carbons (Fsp3) is 0.562. The van der Waals surface area contributed by atoms with Crippen molar-refractivity contribution in [3.63, 3.8) is 0 Å². The van der Waals surface area contributed by atoms with Gasteiger partial charge >= 0.3 is 0 Å². The van der Waals surface area contributed by atoms with Crippen molar-refractivity contribution >= 4 is 21.8 Å². The average molecular weight is 355 g/mol. The molecule has 0 aliphatic carbocycles. The monoisotopic (exact) mass is 355 g/mol. The van der Waals surface area contributed by atoms with Crippen molar-refractivity contribution in [1.82, 2.24) is 9.03 Å². The number of methoxy groups -OCH3 is 1. The zero-order valence-electron chi connectivity index (χ0n) is 14.4. The standard InChI is InChI=1S/C16H25N3O4S/c1-4-18(5-2)24(21,22)17-11-13-10-16(20)19(12-13)14-6-8-15(23-3)9-7-14/h6-9,13,17H,4-5,10-12H2,1-3H3. The van der Waals surface area contributed by atoms with Crippen molar-refractivity contribution in [2.75, 3.05) is 38.2 Å². The smallest absolute Gasteiger partial charge is 0.279 e. The average Bonchev–Trinajstić information content (AvgIpc) is 2.95. The molecule has 24 heavy (non-hydrogen) atoms. The number of nitrogens with one attached hydrogen (secondary N) is 1. The van der Waals surface area contributed by atoms with Gasteiger partial charge in [-0.3, -0.25) is 4.79 Å². The summed E-state index contributed by atoms with van der Waals surface area (Å²) in [5.41, 5.74) is 0.801. The third-order valence-corrected chi connectivity index (χ3v) is 5.92. The van der Waals surface area contributed by atoms with Gasteiger partial charge in [0, 0.05) is 38.3 Å². The van der Waals surface area contributed by atoms with Crippen molar-refractivity contribution in [3.05, 3.63) is 24.3 Å². The third-order valence-electron chi connectivity index (χ3n) is 4.19. The van der Waals surface area contributed by atoms with E-state index < -0.39 is 10.2 Å². The van der Waals surface area contributed by atoms with Crippen molar-refractivity contribution in [2.45, 2.75) is 20.3 Å². The molecule has 1 aliphatic heterocycles. The van der Waals surface area contributed by atoms with Crippen LogP contribution in [0.3, 0.4) is 0 Å². The summed E-state index contributed by atoms with van der Waals surface area (Å²) in [4.78, 5) is 13.9. The molecule has 2 rings (SSSR count). The third kappa shape index (κ3) is 4.25. The van der Waals surface area contributed by atoms with Gasteiger partial charge in [-0.1, -0.05) is 13.8 Å². The molecule has 1 aromatic rings. The van der Waals surface area contributed by atoms with Gasteiger partial charge in [0.15, 0.2) is 0 Å². The van der Waals surface area contributed by atoms with Crippen LogP contribution in [0.5, 0.6) is 5.75 Å². The van der Waals surface area contributed by atoms with Gasteiger partial charge in [0.2, 0.25) is 5.91 Å². The van der Waals surface area contributed by atoms with Crippen LogP contribution in [0.25, 0.3) is 0 Å². The predicted octanol–water partition coefficient (Wildman–Crippen LogP) is 1.22. The quantitative estimate of drug-likeness (QED) is 0.761. The topological polar surface area (TPSA) is 79.0 Å². The first-order valence-corrected chi connectivity index (χ1v) is 9.54. The fourth-order valence-electron chi connectivity index (χ4n) is 2.81. The minimum absolute atomic E-state index is 0.00667. The molecule has 1 aliphatic rings. The SMILES string of the molecule is CCN(CC)S(=O)(=O)NCC1CC(=O)N(c2ccc(OC)cc2)C1. The number of hydrogen-bond acceptors (Lipinski definition) is 4. The van der Waals surface area contributed by atoms with Crippen LogP contribution in [0.1, 0.15) is 20.3 Å². The molecular formula is C16H25N3O4S. The Morgan fingerprint density at radius 1 is 1.25 bits per heavy atom. The van der Waals surface area contributed by atoms with Gasteiger partial charge < -0.3 is 9.64 Å². The molecule has 0 saturated carbocycles. The Hall–Kier alpha value is -1.64. The molecule has 1 amide bonds. The highest BCUT2D eigenvalue weighted by Gasteiger charge is 2.31.